The van der Waals surface area contributed by atoms with Gasteiger partial charge in [-0.2, -0.15) is 0 Å². The third kappa shape index (κ3) is 3.32. The quantitative estimate of drug-likeness (QED) is 0.306. The molecule has 0 atom stereocenters. The molecular weight excluding hydrogens is 362 g/mol. The maximum atomic E-state index is 13.2. The molecule has 0 N–H and O–H groups in total. The van der Waals surface area contributed by atoms with Crippen LogP contribution in [0.2, 0.25) is 5.02 Å². The van der Waals surface area contributed by atoms with Crippen LogP contribution >= 0.6 is 22.9 Å². The summed E-state index contributed by atoms with van der Waals surface area (Å²) in [5.41, 5.74) is 2.86. The molecule has 1 aromatic heterocycles. The van der Waals surface area contributed by atoms with Crippen molar-refractivity contribution in [3.8, 4) is 0 Å². The number of aromatic nitrogens is 1. The molecule has 4 rings (SSSR count). The molecule has 4 aromatic rings. The fourth-order valence-corrected chi connectivity index (χ4v) is 3.87. The minimum atomic E-state index is -0.0652. The van der Waals surface area contributed by atoms with Crippen molar-refractivity contribution in [3.63, 3.8) is 0 Å². The molecule has 0 aliphatic rings. The lowest BCUT2D eigenvalue weighted by Gasteiger charge is -2.05. The first kappa shape index (κ1) is 16.7. The fourth-order valence-electron chi connectivity index (χ4n) is 2.70. The van der Waals surface area contributed by atoms with Gasteiger partial charge in [-0.05, 0) is 29.8 Å². The number of carbonyl (C=O) groups excluding carboxylic acids is 1. The van der Waals surface area contributed by atoms with Crippen LogP contribution in [0, 0.1) is 0 Å². The van der Waals surface area contributed by atoms with E-state index in [1.54, 1.807) is 0 Å². The van der Waals surface area contributed by atoms with E-state index in [1.807, 2.05) is 84.9 Å². The number of para-hydroxylation sites is 1. The predicted molar refractivity (Wildman–Crippen MR) is 110 cm³/mol. The number of halogens is 1. The van der Waals surface area contributed by atoms with Gasteiger partial charge in [-0.1, -0.05) is 72.3 Å². The number of allylic oxidation sites excluding steroid dienone is 1. The number of hydrogen-bond donors (Lipinski definition) is 0. The number of rotatable bonds is 4. The van der Waals surface area contributed by atoms with E-state index >= 15 is 0 Å². The Morgan fingerprint density at radius 2 is 1.58 bits per heavy atom. The summed E-state index contributed by atoms with van der Waals surface area (Å²) in [6.45, 7) is 0. The van der Waals surface area contributed by atoms with E-state index < -0.39 is 0 Å². The van der Waals surface area contributed by atoms with Gasteiger partial charge in [0.05, 0.1) is 15.8 Å². The smallest absolute Gasteiger partial charge is 0.196 e. The van der Waals surface area contributed by atoms with Crippen molar-refractivity contribution in [1.29, 1.82) is 0 Å². The van der Waals surface area contributed by atoms with Crippen molar-refractivity contribution >= 4 is 50.6 Å². The van der Waals surface area contributed by atoms with Crippen LogP contribution in [-0.4, -0.2) is 10.8 Å². The van der Waals surface area contributed by atoms with Crippen molar-refractivity contribution in [3.05, 3.63) is 100 Å². The molecule has 1 heterocycles. The van der Waals surface area contributed by atoms with Gasteiger partial charge in [0.1, 0.15) is 5.01 Å². The van der Waals surface area contributed by atoms with Crippen LogP contribution in [0.3, 0.4) is 0 Å². The number of benzene rings is 3. The van der Waals surface area contributed by atoms with Gasteiger partial charge in [0.15, 0.2) is 5.78 Å². The number of carbonyl (C=O) groups is 1. The van der Waals surface area contributed by atoms with E-state index in [9.17, 15) is 4.79 Å². The highest BCUT2D eigenvalue weighted by molar-refractivity contribution is 7.20. The second kappa shape index (κ2) is 7.24. The van der Waals surface area contributed by atoms with Gasteiger partial charge < -0.3 is 0 Å². The molecule has 0 radical (unpaired) electrons. The van der Waals surface area contributed by atoms with Gasteiger partial charge in [0.2, 0.25) is 0 Å². The SMILES string of the molecule is O=C(/C(=C/c1ccccc1Cl)c1nc2ccccc2s1)c1ccccc1. The van der Waals surface area contributed by atoms with Gasteiger partial charge in [0, 0.05) is 10.6 Å². The molecule has 3 aromatic carbocycles. The minimum absolute atomic E-state index is 0.0652. The first-order valence-electron chi connectivity index (χ1n) is 8.14. The molecule has 0 spiro atoms. The van der Waals surface area contributed by atoms with E-state index in [4.69, 9.17) is 11.6 Å². The molecule has 0 fully saturated rings. The largest absolute Gasteiger partial charge is 0.288 e. The van der Waals surface area contributed by atoms with Crippen LogP contribution in [0.5, 0.6) is 0 Å². The summed E-state index contributed by atoms with van der Waals surface area (Å²) in [7, 11) is 0. The first-order valence-corrected chi connectivity index (χ1v) is 9.34. The van der Waals surface area contributed by atoms with Crippen molar-refractivity contribution in [1.82, 2.24) is 4.98 Å². The molecule has 0 saturated carbocycles. The summed E-state index contributed by atoms with van der Waals surface area (Å²) in [5.74, 6) is -0.0652. The maximum Gasteiger partial charge on any atom is 0.196 e. The van der Waals surface area contributed by atoms with Crippen LogP contribution in [-0.2, 0) is 0 Å². The summed E-state index contributed by atoms with van der Waals surface area (Å²) in [5, 5.41) is 1.30. The number of fused-ring (bicyclic) bond motifs is 1. The highest BCUT2D eigenvalue weighted by atomic mass is 35.5. The maximum absolute atomic E-state index is 13.2. The number of hydrogen-bond acceptors (Lipinski definition) is 3. The third-order valence-corrected chi connectivity index (χ3v) is 5.42. The van der Waals surface area contributed by atoms with Crippen LogP contribution < -0.4 is 0 Å². The summed E-state index contributed by atoms with van der Waals surface area (Å²) in [6.07, 6.45) is 1.83. The van der Waals surface area contributed by atoms with Crippen molar-refractivity contribution < 1.29 is 4.79 Å². The van der Waals surface area contributed by atoms with Crippen molar-refractivity contribution in [2.45, 2.75) is 0 Å². The Kier molecular flexibility index (Phi) is 4.65. The van der Waals surface area contributed by atoms with Crippen LogP contribution in [0.1, 0.15) is 20.9 Å². The lowest BCUT2D eigenvalue weighted by molar-refractivity contribution is 0.105. The van der Waals surface area contributed by atoms with Gasteiger partial charge in [-0.3, -0.25) is 4.79 Å². The summed E-state index contributed by atoms with van der Waals surface area (Å²) in [6, 6.07) is 24.6. The lowest BCUT2D eigenvalue weighted by atomic mass is 10.0. The Hall–Kier alpha value is -2.75. The molecule has 0 amide bonds. The lowest BCUT2D eigenvalue weighted by Crippen LogP contribution is -2.02. The second-order valence-electron chi connectivity index (χ2n) is 5.76. The highest BCUT2D eigenvalue weighted by Crippen LogP contribution is 2.31. The Balaban J connectivity index is 1.89. The molecule has 126 valence electrons. The molecule has 0 saturated heterocycles. The second-order valence-corrected chi connectivity index (χ2v) is 7.20. The average molecular weight is 376 g/mol. The summed E-state index contributed by atoms with van der Waals surface area (Å²) >= 11 is 7.82. The first-order chi connectivity index (χ1) is 12.7. The number of ketones is 1. The molecule has 4 heteroatoms. The summed E-state index contributed by atoms with van der Waals surface area (Å²) in [4.78, 5) is 17.9. The van der Waals surface area contributed by atoms with Crippen LogP contribution in [0.4, 0.5) is 0 Å². The van der Waals surface area contributed by atoms with Gasteiger partial charge in [0.25, 0.3) is 0 Å². The third-order valence-electron chi connectivity index (χ3n) is 4.01. The predicted octanol–water partition coefficient (Wildman–Crippen LogP) is 6.37. The molecule has 0 aliphatic carbocycles. The van der Waals surface area contributed by atoms with E-state index in [0.29, 0.717) is 21.2 Å². The molecule has 0 unspecified atom stereocenters. The van der Waals surface area contributed by atoms with Crippen LogP contribution in [0.15, 0.2) is 78.9 Å². The van der Waals surface area contributed by atoms with Crippen molar-refractivity contribution in [2.75, 3.05) is 0 Å². The van der Waals surface area contributed by atoms with Gasteiger partial charge >= 0.3 is 0 Å². The zero-order valence-corrected chi connectivity index (χ0v) is 15.3. The molecular formula is C22H14ClNOS. The number of nitrogens with zero attached hydrogens (tertiary/aromatic N) is 1. The fraction of sp³-hybridized carbons (Fsp3) is 0. The Morgan fingerprint density at radius 3 is 2.35 bits per heavy atom. The Bertz CT molecular complexity index is 1080. The molecule has 26 heavy (non-hydrogen) atoms. The standard InChI is InChI=1S/C22H14ClNOS/c23-18-11-5-4-10-16(18)14-17(21(25)15-8-2-1-3-9-15)22-24-19-12-6-7-13-20(19)26-22/h1-14H/b17-14-. The average Bonchev–Trinajstić information content (AvgIpc) is 3.11. The molecule has 2 nitrogen and oxygen atoms in total. The van der Waals surface area contributed by atoms with E-state index in [1.165, 1.54) is 11.3 Å². The zero-order chi connectivity index (χ0) is 17.9. The van der Waals surface area contributed by atoms with Gasteiger partial charge in [-0.15, -0.1) is 11.3 Å². The monoisotopic (exact) mass is 375 g/mol. The van der Waals surface area contributed by atoms with E-state index in [-0.39, 0.29) is 5.78 Å². The van der Waals surface area contributed by atoms with E-state index in [2.05, 4.69) is 4.98 Å². The topological polar surface area (TPSA) is 30.0 Å². The normalized spacial score (nSPS) is 11.7. The van der Waals surface area contributed by atoms with Crippen LogP contribution in [0.25, 0.3) is 21.9 Å². The van der Waals surface area contributed by atoms with Crippen molar-refractivity contribution in [2.24, 2.45) is 0 Å². The van der Waals surface area contributed by atoms with Gasteiger partial charge in [-0.25, -0.2) is 4.98 Å². The highest BCUT2D eigenvalue weighted by Gasteiger charge is 2.18. The Morgan fingerprint density at radius 1 is 0.885 bits per heavy atom. The molecule has 0 aliphatic heterocycles. The summed E-state index contributed by atoms with van der Waals surface area (Å²) < 4.78 is 1.05. The molecule has 0 bridgehead atoms. The number of Topliss-reactive ketones (excluding diaryl/α,β-unsaturated/α-hetero) is 1. The van der Waals surface area contributed by atoms with E-state index in [0.717, 1.165) is 15.8 Å². The Labute approximate surface area is 160 Å². The number of thiazole rings is 1. The zero-order valence-electron chi connectivity index (χ0n) is 13.7. The minimum Gasteiger partial charge on any atom is -0.288 e.